The summed E-state index contributed by atoms with van der Waals surface area (Å²) in [4.78, 5) is 0. The van der Waals surface area contributed by atoms with Crippen molar-refractivity contribution in [3.8, 4) is 0 Å². The molecule has 2 heteroatoms. The molecule has 1 N–H and O–H groups in total. The van der Waals surface area contributed by atoms with Crippen LogP contribution in [0, 0.1) is 0 Å². The molecule has 0 bridgehead atoms. The molecule has 17 heavy (non-hydrogen) atoms. The fraction of sp³-hybridized carbons (Fsp3) is 0.933. The van der Waals surface area contributed by atoms with Crippen LogP contribution in [-0.2, 0) is 0 Å². The normalized spacial score (nSPS) is 22.5. The molecule has 2 nitrogen and oxygen atoms in total. The van der Waals surface area contributed by atoms with Crippen molar-refractivity contribution < 1.29 is 5.21 Å². The molecule has 1 rings (SSSR count). The second-order valence-corrected chi connectivity index (χ2v) is 5.41. The second kappa shape index (κ2) is 10.6. The Morgan fingerprint density at radius 3 is 1.12 bits per heavy atom. The first-order chi connectivity index (χ1) is 8.43. The number of rotatable bonds is 0. The third-order valence-corrected chi connectivity index (χ3v) is 3.82. The van der Waals surface area contributed by atoms with E-state index in [0.717, 1.165) is 18.6 Å². The average Bonchev–Trinajstić information content (AvgIpc) is 2.36. The van der Waals surface area contributed by atoms with Gasteiger partial charge in [-0.3, -0.25) is 0 Å². The van der Waals surface area contributed by atoms with Gasteiger partial charge in [0.25, 0.3) is 0 Å². The van der Waals surface area contributed by atoms with Crippen LogP contribution in [-0.4, -0.2) is 10.9 Å². The Morgan fingerprint density at radius 1 is 0.529 bits per heavy atom. The fourth-order valence-corrected chi connectivity index (χ4v) is 2.65. The summed E-state index contributed by atoms with van der Waals surface area (Å²) in [5, 5.41) is 12.4. The Balaban J connectivity index is 2.21. The van der Waals surface area contributed by atoms with E-state index in [1.54, 1.807) is 0 Å². The van der Waals surface area contributed by atoms with Crippen LogP contribution in [0.1, 0.15) is 89.9 Å². The molecule has 1 aliphatic carbocycles. The zero-order valence-corrected chi connectivity index (χ0v) is 11.3. The van der Waals surface area contributed by atoms with E-state index in [1.165, 1.54) is 77.0 Å². The van der Waals surface area contributed by atoms with Crippen LogP contribution in [0.2, 0.25) is 0 Å². The largest absolute Gasteiger partial charge is 0.411 e. The van der Waals surface area contributed by atoms with Crippen LogP contribution in [0.15, 0.2) is 5.16 Å². The maximum atomic E-state index is 8.93. The predicted molar refractivity (Wildman–Crippen MR) is 73.9 cm³/mol. The molecular weight excluding hydrogens is 210 g/mol. The zero-order chi connectivity index (χ0) is 12.2. The van der Waals surface area contributed by atoms with Crippen LogP contribution in [0.5, 0.6) is 0 Å². The number of oxime groups is 1. The van der Waals surface area contributed by atoms with Gasteiger partial charge < -0.3 is 5.21 Å². The topological polar surface area (TPSA) is 32.6 Å². The van der Waals surface area contributed by atoms with Crippen molar-refractivity contribution in [2.45, 2.75) is 89.9 Å². The highest BCUT2D eigenvalue weighted by atomic mass is 16.4. The summed E-state index contributed by atoms with van der Waals surface area (Å²) in [5.41, 5.74) is 1.03. The number of hydrogen-bond acceptors (Lipinski definition) is 2. The van der Waals surface area contributed by atoms with Crippen molar-refractivity contribution >= 4 is 5.71 Å². The number of nitrogens with zero attached hydrogens (tertiary/aromatic N) is 1. The Hall–Kier alpha value is -0.530. The van der Waals surface area contributed by atoms with Crippen LogP contribution >= 0.6 is 0 Å². The first kappa shape index (κ1) is 14.5. The van der Waals surface area contributed by atoms with Gasteiger partial charge in [-0.05, 0) is 25.7 Å². The molecule has 1 saturated carbocycles. The lowest BCUT2D eigenvalue weighted by Gasteiger charge is -2.04. The molecule has 1 fully saturated rings. The molecule has 0 unspecified atom stereocenters. The standard InChI is InChI=1S/C15H29NO/c17-16-15-13-11-9-7-5-3-1-2-4-6-8-10-12-14-15/h17H,1-14H2. The number of hydrogen-bond donors (Lipinski definition) is 1. The first-order valence-electron chi connectivity index (χ1n) is 7.63. The summed E-state index contributed by atoms with van der Waals surface area (Å²) >= 11 is 0. The van der Waals surface area contributed by atoms with Crippen LogP contribution < -0.4 is 0 Å². The SMILES string of the molecule is ON=C1CCCCCCCCCCCCCC1. The van der Waals surface area contributed by atoms with E-state index in [1.807, 2.05) is 0 Å². The Kier molecular flexibility index (Phi) is 9.07. The van der Waals surface area contributed by atoms with Crippen molar-refractivity contribution in [1.82, 2.24) is 0 Å². The summed E-state index contributed by atoms with van der Waals surface area (Å²) < 4.78 is 0. The van der Waals surface area contributed by atoms with Crippen LogP contribution in [0.4, 0.5) is 0 Å². The van der Waals surface area contributed by atoms with Crippen LogP contribution in [0.25, 0.3) is 0 Å². The van der Waals surface area contributed by atoms with Gasteiger partial charge in [0.05, 0.1) is 5.71 Å². The molecule has 100 valence electrons. The molecule has 0 amide bonds. The first-order valence-corrected chi connectivity index (χ1v) is 7.63. The lowest BCUT2D eigenvalue weighted by molar-refractivity contribution is 0.315. The van der Waals surface area contributed by atoms with E-state index in [-0.39, 0.29) is 0 Å². The van der Waals surface area contributed by atoms with Gasteiger partial charge in [-0.25, -0.2) is 0 Å². The molecule has 0 aromatic carbocycles. The molecule has 0 heterocycles. The molecule has 0 saturated heterocycles. The van der Waals surface area contributed by atoms with Gasteiger partial charge in [0.15, 0.2) is 0 Å². The van der Waals surface area contributed by atoms with Crippen LogP contribution in [0.3, 0.4) is 0 Å². The third-order valence-electron chi connectivity index (χ3n) is 3.82. The van der Waals surface area contributed by atoms with E-state index < -0.39 is 0 Å². The Morgan fingerprint density at radius 2 is 0.824 bits per heavy atom. The smallest absolute Gasteiger partial charge is 0.0570 e. The molecular formula is C15H29NO. The van der Waals surface area contributed by atoms with Crippen molar-refractivity contribution in [2.75, 3.05) is 0 Å². The van der Waals surface area contributed by atoms with Gasteiger partial charge in [0.2, 0.25) is 0 Å². The highest BCUT2D eigenvalue weighted by molar-refractivity contribution is 5.83. The van der Waals surface area contributed by atoms with Gasteiger partial charge in [0, 0.05) is 0 Å². The zero-order valence-electron chi connectivity index (χ0n) is 11.3. The lowest BCUT2D eigenvalue weighted by atomic mass is 10.0. The van der Waals surface area contributed by atoms with Gasteiger partial charge >= 0.3 is 0 Å². The van der Waals surface area contributed by atoms with Gasteiger partial charge in [0.1, 0.15) is 0 Å². The maximum absolute atomic E-state index is 8.93. The highest BCUT2D eigenvalue weighted by Crippen LogP contribution is 2.15. The van der Waals surface area contributed by atoms with Crippen molar-refractivity contribution in [1.29, 1.82) is 0 Å². The Bertz CT molecular complexity index is 183. The van der Waals surface area contributed by atoms with E-state index >= 15 is 0 Å². The molecule has 0 radical (unpaired) electrons. The minimum absolute atomic E-state index is 1.01. The summed E-state index contributed by atoms with van der Waals surface area (Å²) in [6, 6.07) is 0. The molecule has 0 aliphatic heterocycles. The molecule has 1 aliphatic rings. The van der Waals surface area contributed by atoms with Gasteiger partial charge in [-0.2, -0.15) is 0 Å². The van der Waals surface area contributed by atoms with Gasteiger partial charge in [-0.15, -0.1) is 0 Å². The van der Waals surface area contributed by atoms with E-state index in [0.29, 0.717) is 0 Å². The highest BCUT2D eigenvalue weighted by Gasteiger charge is 2.02. The quantitative estimate of drug-likeness (QED) is 0.452. The lowest BCUT2D eigenvalue weighted by Crippen LogP contribution is -1.98. The molecule has 0 spiro atoms. The summed E-state index contributed by atoms with van der Waals surface area (Å²) in [6.45, 7) is 0. The summed E-state index contributed by atoms with van der Waals surface area (Å²) in [5.74, 6) is 0. The monoisotopic (exact) mass is 239 g/mol. The average molecular weight is 239 g/mol. The summed E-state index contributed by atoms with van der Waals surface area (Å²) in [6.07, 6.45) is 18.3. The van der Waals surface area contributed by atoms with E-state index in [4.69, 9.17) is 5.21 Å². The molecule has 0 aromatic rings. The van der Waals surface area contributed by atoms with Gasteiger partial charge in [-0.1, -0.05) is 69.4 Å². The van der Waals surface area contributed by atoms with E-state index in [2.05, 4.69) is 5.16 Å². The maximum Gasteiger partial charge on any atom is 0.0570 e. The molecule has 0 atom stereocenters. The van der Waals surface area contributed by atoms with Crippen molar-refractivity contribution in [3.05, 3.63) is 0 Å². The van der Waals surface area contributed by atoms with Crippen molar-refractivity contribution in [2.24, 2.45) is 5.16 Å². The third kappa shape index (κ3) is 8.23. The minimum Gasteiger partial charge on any atom is -0.411 e. The predicted octanol–water partition coefficient (Wildman–Crippen LogP) is 5.29. The minimum atomic E-state index is 1.01. The van der Waals surface area contributed by atoms with Crippen molar-refractivity contribution in [3.63, 3.8) is 0 Å². The second-order valence-electron chi connectivity index (χ2n) is 5.41. The Labute approximate surface area is 106 Å². The van der Waals surface area contributed by atoms with E-state index in [9.17, 15) is 0 Å². The fourth-order valence-electron chi connectivity index (χ4n) is 2.65. The molecule has 0 aromatic heterocycles. The summed E-state index contributed by atoms with van der Waals surface area (Å²) in [7, 11) is 0.